The Labute approximate surface area is 85.3 Å². The van der Waals surface area contributed by atoms with Crippen molar-refractivity contribution in [2.45, 2.75) is 0 Å². The molecule has 2 aromatic heterocycles. The average molecular weight is 211 g/mol. The van der Waals surface area contributed by atoms with Crippen LogP contribution in [0.4, 0.5) is 0 Å². The molecule has 0 atom stereocenters. The monoisotopic (exact) mass is 210 g/mol. The maximum atomic E-state index is 5.68. The fraction of sp³-hybridized carbons (Fsp3) is 0.125. The summed E-state index contributed by atoms with van der Waals surface area (Å²) in [5.74, 6) is 0.378. The number of ether oxygens (including phenoxy) is 1. The molecule has 0 aliphatic carbocycles. The second-order valence-electron chi connectivity index (χ2n) is 2.60. The first kappa shape index (κ1) is 8.96. The van der Waals surface area contributed by atoms with E-state index in [4.69, 9.17) is 16.3 Å². The van der Waals surface area contributed by atoms with Crippen molar-refractivity contribution in [3.05, 3.63) is 29.7 Å². The van der Waals surface area contributed by atoms with Crippen molar-refractivity contribution >= 4 is 11.6 Å². The Balaban J connectivity index is 2.18. The van der Waals surface area contributed by atoms with Crippen LogP contribution in [0.25, 0.3) is 0 Å². The maximum Gasteiger partial charge on any atom is 0.342 e. The lowest BCUT2D eigenvalue weighted by molar-refractivity contribution is 0.422. The predicted octanol–water partition coefficient (Wildman–Crippen LogP) is 1.66. The van der Waals surface area contributed by atoms with E-state index in [1.807, 2.05) is 0 Å². The lowest BCUT2D eigenvalue weighted by Crippen LogP contribution is -1.91. The zero-order chi connectivity index (χ0) is 9.97. The summed E-state index contributed by atoms with van der Waals surface area (Å²) in [5, 5.41) is 4.31. The van der Waals surface area contributed by atoms with Crippen molar-refractivity contribution in [1.82, 2.24) is 19.7 Å². The third kappa shape index (κ3) is 2.00. The second kappa shape index (κ2) is 3.63. The lowest BCUT2D eigenvalue weighted by atomic mass is 10.5. The second-order valence-corrected chi connectivity index (χ2v) is 2.99. The number of halogens is 1. The molecular formula is C8H7ClN4O. The van der Waals surface area contributed by atoms with Crippen LogP contribution in [0.1, 0.15) is 0 Å². The van der Waals surface area contributed by atoms with Crippen LogP contribution >= 0.6 is 11.6 Å². The van der Waals surface area contributed by atoms with Gasteiger partial charge in [-0.2, -0.15) is 4.98 Å². The first-order valence-electron chi connectivity index (χ1n) is 3.90. The van der Waals surface area contributed by atoms with Gasteiger partial charge >= 0.3 is 6.01 Å². The van der Waals surface area contributed by atoms with E-state index < -0.39 is 0 Å². The van der Waals surface area contributed by atoms with Gasteiger partial charge in [0.1, 0.15) is 11.5 Å². The molecule has 0 spiro atoms. The van der Waals surface area contributed by atoms with Crippen LogP contribution in [0, 0.1) is 0 Å². The zero-order valence-electron chi connectivity index (χ0n) is 7.38. The summed E-state index contributed by atoms with van der Waals surface area (Å²) in [6.45, 7) is 0. The van der Waals surface area contributed by atoms with Gasteiger partial charge < -0.3 is 4.74 Å². The molecular weight excluding hydrogens is 204 g/mol. The topological polar surface area (TPSA) is 52.8 Å². The first-order valence-corrected chi connectivity index (χ1v) is 4.28. The Kier molecular flexibility index (Phi) is 2.32. The van der Waals surface area contributed by atoms with Gasteiger partial charge in [0, 0.05) is 13.1 Å². The quantitative estimate of drug-likeness (QED) is 0.708. The van der Waals surface area contributed by atoms with E-state index >= 15 is 0 Å². The molecule has 14 heavy (non-hydrogen) atoms. The van der Waals surface area contributed by atoms with Crippen LogP contribution in [0.2, 0.25) is 5.15 Å². The Hall–Kier alpha value is -1.62. The third-order valence-corrected chi connectivity index (χ3v) is 1.67. The van der Waals surface area contributed by atoms with Gasteiger partial charge in [-0.25, -0.2) is 4.98 Å². The molecule has 0 bridgehead atoms. The largest absolute Gasteiger partial charge is 0.404 e. The van der Waals surface area contributed by atoms with Gasteiger partial charge in [-0.1, -0.05) is 17.7 Å². The molecule has 0 fully saturated rings. The number of nitrogens with zero attached hydrogens (tertiary/aromatic N) is 4. The minimum atomic E-state index is 0.252. The van der Waals surface area contributed by atoms with Gasteiger partial charge in [-0.3, -0.25) is 4.68 Å². The number of pyridine rings is 1. The minimum absolute atomic E-state index is 0.252. The van der Waals surface area contributed by atoms with Crippen LogP contribution in [0.15, 0.2) is 24.5 Å². The highest BCUT2D eigenvalue weighted by molar-refractivity contribution is 6.29. The van der Waals surface area contributed by atoms with Crippen LogP contribution < -0.4 is 4.74 Å². The van der Waals surface area contributed by atoms with Crippen LogP contribution in [0.5, 0.6) is 11.9 Å². The van der Waals surface area contributed by atoms with Gasteiger partial charge in [-0.05, 0) is 6.07 Å². The molecule has 0 aliphatic rings. The van der Waals surface area contributed by atoms with Crippen molar-refractivity contribution in [3.63, 3.8) is 0 Å². The minimum Gasteiger partial charge on any atom is -0.404 e. The normalized spacial score (nSPS) is 10.1. The smallest absolute Gasteiger partial charge is 0.342 e. The number of hydrogen-bond acceptors (Lipinski definition) is 4. The van der Waals surface area contributed by atoms with E-state index in [2.05, 4.69) is 15.1 Å². The van der Waals surface area contributed by atoms with Gasteiger partial charge in [0.2, 0.25) is 5.88 Å². The number of aryl methyl sites for hydroxylation is 1. The van der Waals surface area contributed by atoms with Crippen molar-refractivity contribution in [2.24, 2.45) is 7.05 Å². The summed E-state index contributed by atoms with van der Waals surface area (Å²) in [6, 6.07) is 5.35. The molecule has 2 rings (SSSR count). The average Bonchev–Trinajstić information content (AvgIpc) is 2.51. The van der Waals surface area contributed by atoms with E-state index in [9.17, 15) is 0 Å². The Morgan fingerprint density at radius 3 is 2.93 bits per heavy atom. The van der Waals surface area contributed by atoms with Gasteiger partial charge in [-0.15, -0.1) is 5.10 Å². The van der Waals surface area contributed by atoms with Gasteiger partial charge in [0.05, 0.1) is 0 Å². The zero-order valence-corrected chi connectivity index (χ0v) is 8.14. The molecule has 6 heteroatoms. The highest BCUT2D eigenvalue weighted by atomic mass is 35.5. The predicted molar refractivity (Wildman–Crippen MR) is 50.3 cm³/mol. The van der Waals surface area contributed by atoms with Crippen molar-refractivity contribution in [1.29, 1.82) is 0 Å². The molecule has 0 radical (unpaired) electrons. The summed E-state index contributed by atoms with van der Waals surface area (Å²) in [5.41, 5.74) is 0. The van der Waals surface area contributed by atoms with E-state index in [1.165, 1.54) is 0 Å². The molecule has 0 aliphatic heterocycles. The van der Waals surface area contributed by atoms with Crippen molar-refractivity contribution < 1.29 is 4.74 Å². The molecule has 0 N–H and O–H groups in total. The summed E-state index contributed by atoms with van der Waals surface area (Å²) in [7, 11) is 1.76. The van der Waals surface area contributed by atoms with Crippen molar-refractivity contribution in [3.8, 4) is 11.9 Å². The molecule has 0 unspecified atom stereocenters. The molecule has 0 aromatic carbocycles. The van der Waals surface area contributed by atoms with E-state index in [0.29, 0.717) is 11.0 Å². The molecule has 0 saturated heterocycles. The van der Waals surface area contributed by atoms with E-state index in [-0.39, 0.29) is 6.01 Å². The molecule has 2 heterocycles. The maximum absolute atomic E-state index is 5.68. The SMILES string of the molecule is Cn1cnc(Oc2cccc(Cl)n2)n1. The lowest BCUT2D eigenvalue weighted by Gasteiger charge is -1.98. The van der Waals surface area contributed by atoms with Crippen LogP contribution in [-0.2, 0) is 7.05 Å². The molecule has 72 valence electrons. The number of hydrogen-bond donors (Lipinski definition) is 0. The molecule has 0 saturated carbocycles. The van der Waals surface area contributed by atoms with E-state index in [1.54, 1.807) is 36.3 Å². The molecule has 5 nitrogen and oxygen atoms in total. The highest BCUT2D eigenvalue weighted by Gasteiger charge is 2.02. The molecule has 0 amide bonds. The van der Waals surface area contributed by atoms with Gasteiger partial charge in [0.15, 0.2) is 0 Å². The van der Waals surface area contributed by atoms with Gasteiger partial charge in [0.25, 0.3) is 0 Å². The van der Waals surface area contributed by atoms with E-state index in [0.717, 1.165) is 0 Å². The standard InChI is InChI=1S/C8H7ClN4O/c1-13-5-10-8(12-13)14-7-4-2-3-6(9)11-7/h2-5H,1H3. The number of rotatable bonds is 2. The Morgan fingerprint density at radius 1 is 1.43 bits per heavy atom. The molecule has 2 aromatic rings. The Morgan fingerprint density at radius 2 is 2.29 bits per heavy atom. The Bertz CT molecular complexity index is 442. The summed E-state index contributed by atoms with van der Waals surface area (Å²) < 4.78 is 6.78. The highest BCUT2D eigenvalue weighted by Crippen LogP contribution is 2.16. The summed E-state index contributed by atoms with van der Waals surface area (Å²) in [6.07, 6.45) is 1.54. The van der Waals surface area contributed by atoms with Crippen molar-refractivity contribution in [2.75, 3.05) is 0 Å². The summed E-state index contributed by atoms with van der Waals surface area (Å²) in [4.78, 5) is 7.82. The van der Waals surface area contributed by atoms with Crippen LogP contribution in [0.3, 0.4) is 0 Å². The fourth-order valence-corrected chi connectivity index (χ4v) is 1.06. The van der Waals surface area contributed by atoms with Crippen LogP contribution in [-0.4, -0.2) is 19.7 Å². The third-order valence-electron chi connectivity index (χ3n) is 1.46. The number of aromatic nitrogens is 4. The fourth-order valence-electron chi connectivity index (χ4n) is 0.906. The summed E-state index contributed by atoms with van der Waals surface area (Å²) >= 11 is 5.68. The first-order chi connectivity index (χ1) is 6.74.